The fourth-order valence-corrected chi connectivity index (χ4v) is 9.71. The molecule has 11 aromatic carbocycles. The molecule has 0 aliphatic carbocycles. The number of fused-ring (bicyclic) bond motifs is 7. The summed E-state index contributed by atoms with van der Waals surface area (Å²) in [5.74, 6) is 0. The third-order valence-electron chi connectivity index (χ3n) is 12.6. The van der Waals surface area contributed by atoms with E-state index in [2.05, 4.69) is 252 Å². The molecule has 0 spiro atoms. The quantitative estimate of drug-likeness (QED) is 0.146. The molecule has 0 amide bonds. The molecule has 0 aliphatic rings. The van der Waals surface area contributed by atoms with Gasteiger partial charge in [0.1, 0.15) is 0 Å². The van der Waals surface area contributed by atoms with Crippen molar-refractivity contribution in [2.24, 2.45) is 0 Å². The predicted octanol–water partition coefficient (Wildman–Crippen LogP) is 16.7. The van der Waals surface area contributed by atoms with Gasteiger partial charge in [-0.2, -0.15) is 0 Å². The van der Waals surface area contributed by atoms with Gasteiger partial charge in [0.25, 0.3) is 0 Å². The van der Waals surface area contributed by atoms with E-state index in [1.54, 1.807) is 0 Å². The van der Waals surface area contributed by atoms with E-state index >= 15 is 0 Å². The van der Waals surface area contributed by atoms with E-state index in [9.17, 15) is 0 Å². The number of anilines is 3. The van der Waals surface area contributed by atoms with Gasteiger partial charge >= 0.3 is 0 Å². The summed E-state index contributed by atoms with van der Waals surface area (Å²) < 4.78 is 2.40. The first-order valence-corrected chi connectivity index (χ1v) is 21.3. The third-order valence-corrected chi connectivity index (χ3v) is 12.6. The lowest BCUT2D eigenvalue weighted by atomic mass is 9.92. The van der Waals surface area contributed by atoms with Crippen LogP contribution < -0.4 is 4.90 Å². The van der Waals surface area contributed by atoms with Crippen molar-refractivity contribution < 1.29 is 0 Å². The van der Waals surface area contributed by atoms with Crippen LogP contribution in [-0.4, -0.2) is 4.57 Å². The average molecular weight is 789 g/mol. The maximum absolute atomic E-state index is 2.43. The van der Waals surface area contributed by atoms with Crippen molar-refractivity contribution in [2.75, 3.05) is 4.90 Å². The molecule has 62 heavy (non-hydrogen) atoms. The van der Waals surface area contributed by atoms with Gasteiger partial charge in [0.2, 0.25) is 0 Å². The first-order chi connectivity index (χ1) is 30.8. The van der Waals surface area contributed by atoms with E-state index in [1.165, 1.54) is 87.5 Å². The Kier molecular flexibility index (Phi) is 8.53. The molecule has 0 N–H and O–H groups in total. The Labute approximate surface area is 360 Å². The highest BCUT2D eigenvalue weighted by molar-refractivity contribution is 6.14. The Morgan fingerprint density at radius 3 is 1.58 bits per heavy atom. The van der Waals surface area contributed by atoms with Crippen molar-refractivity contribution in [2.45, 2.75) is 0 Å². The molecule has 2 nitrogen and oxygen atoms in total. The van der Waals surface area contributed by atoms with Crippen LogP contribution in [0.5, 0.6) is 0 Å². The number of nitrogens with zero attached hydrogens (tertiary/aromatic N) is 2. The minimum absolute atomic E-state index is 1.09. The van der Waals surface area contributed by atoms with Crippen LogP contribution >= 0.6 is 0 Å². The van der Waals surface area contributed by atoms with Gasteiger partial charge in [-0.3, -0.25) is 0 Å². The average Bonchev–Trinajstić information content (AvgIpc) is 3.69. The van der Waals surface area contributed by atoms with Crippen LogP contribution in [0.25, 0.3) is 93.2 Å². The Morgan fingerprint density at radius 2 is 0.823 bits per heavy atom. The van der Waals surface area contributed by atoms with Crippen LogP contribution in [-0.2, 0) is 0 Å². The van der Waals surface area contributed by atoms with Gasteiger partial charge in [-0.1, -0.05) is 182 Å². The summed E-state index contributed by atoms with van der Waals surface area (Å²) in [4.78, 5) is 2.43. The lowest BCUT2D eigenvalue weighted by molar-refractivity contribution is 1.18. The largest absolute Gasteiger partial charge is 0.310 e. The smallest absolute Gasteiger partial charge is 0.0541 e. The van der Waals surface area contributed by atoms with Crippen LogP contribution in [0.3, 0.4) is 0 Å². The molecule has 0 aliphatic heterocycles. The molecule has 0 atom stereocenters. The first-order valence-electron chi connectivity index (χ1n) is 21.3. The van der Waals surface area contributed by atoms with Crippen LogP contribution in [0.4, 0.5) is 17.1 Å². The molecule has 0 bridgehead atoms. The molecule has 12 aromatic rings. The number of hydrogen-bond acceptors (Lipinski definition) is 1. The zero-order chi connectivity index (χ0) is 41.0. The van der Waals surface area contributed by atoms with Gasteiger partial charge < -0.3 is 9.47 Å². The van der Waals surface area contributed by atoms with Crippen molar-refractivity contribution in [3.05, 3.63) is 243 Å². The summed E-state index contributed by atoms with van der Waals surface area (Å²) in [7, 11) is 0. The first kappa shape index (κ1) is 35.7. The summed E-state index contributed by atoms with van der Waals surface area (Å²) in [6.07, 6.45) is 0. The number of rotatable bonds is 7. The molecule has 0 saturated heterocycles. The standard InChI is InChI=1S/C60H40N2/c1-2-16-42(17-3-1)57-40-48(36-37-50(57)44-21-14-22-47(38-44)62-59-29-12-10-27-54(59)55-28-11-13-30-60(55)62)61(58-31-15-20-41-18-4-7-24-51(41)58)46-34-32-43(33-35-46)56-39-45-19-5-6-23-49(45)52-25-8-9-26-53(52)56/h1-40H. The second-order valence-electron chi connectivity index (χ2n) is 16.1. The highest BCUT2D eigenvalue weighted by atomic mass is 15.1. The van der Waals surface area contributed by atoms with Crippen LogP contribution in [0.1, 0.15) is 0 Å². The van der Waals surface area contributed by atoms with Crippen molar-refractivity contribution in [3.8, 4) is 39.1 Å². The summed E-state index contributed by atoms with van der Waals surface area (Å²) in [5, 5.41) is 9.98. The maximum atomic E-state index is 2.43. The summed E-state index contributed by atoms with van der Waals surface area (Å²) in [5.41, 5.74) is 14.0. The minimum Gasteiger partial charge on any atom is -0.310 e. The number of hydrogen-bond donors (Lipinski definition) is 0. The molecular formula is C60H40N2. The van der Waals surface area contributed by atoms with Crippen LogP contribution in [0.15, 0.2) is 243 Å². The Bertz CT molecular complexity index is 3580. The van der Waals surface area contributed by atoms with E-state index in [0.717, 1.165) is 22.7 Å². The zero-order valence-electron chi connectivity index (χ0n) is 34.0. The van der Waals surface area contributed by atoms with E-state index < -0.39 is 0 Å². The lowest BCUT2D eigenvalue weighted by Gasteiger charge is -2.28. The van der Waals surface area contributed by atoms with Crippen LogP contribution in [0, 0.1) is 0 Å². The molecule has 0 radical (unpaired) electrons. The number of benzene rings is 11. The van der Waals surface area contributed by atoms with Gasteiger partial charge in [0.05, 0.1) is 16.7 Å². The van der Waals surface area contributed by atoms with E-state index in [1.807, 2.05) is 0 Å². The van der Waals surface area contributed by atoms with E-state index in [0.29, 0.717) is 0 Å². The fourth-order valence-electron chi connectivity index (χ4n) is 9.71. The Balaban J connectivity index is 1.03. The molecule has 12 rings (SSSR count). The topological polar surface area (TPSA) is 8.17 Å². The predicted molar refractivity (Wildman–Crippen MR) is 264 cm³/mol. The SMILES string of the molecule is c1ccc(-c2cc(N(c3ccc(-c4cc5ccccc5c5ccccc45)cc3)c3cccc4ccccc34)ccc2-c2cccc(-n3c4ccccc4c4ccccc43)c2)cc1. The number of aromatic nitrogens is 1. The second kappa shape index (κ2) is 14.8. The molecule has 0 fully saturated rings. The Morgan fingerprint density at radius 1 is 0.274 bits per heavy atom. The Hall–Kier alpha value is -8.20. The second-order valence-corrected chi connectivity index (χ2v) is 16.1. The minimum atomic E-state index is 1.09. The third kappa shape index (κ3) is 5.96. The summed E-state index contributed by atoms with van der Waals surface area (Å²) >= 11 is 0. The van der Waals surface area contributed by atoms with E-state index in [4.69, 9.17) is 0 Å². The van der Waals surface area contributed by atoms with Gasteiger partial charge in [-0.15, -0.1) is 0 Å². The van der Waals surface area contributed by atoms with Crippen molar-refractivity contribution in [1.29, 1.82) is 0 Å². The molecule has 0 saturated carbocycles. The molecule has 0 unspecified atom stereocenters. The summed E-state index contributed by atoms with van der Waals surface area (Å²) in [6.45, 7) is 0. The molecule has 1 heterocycles. The van der Waals surface area contributed by atoms with Gasteiger partial charge in [0, 0.05) is 33.2 Å². The molecular weight excluding hydrogens is 749 g/mol. The van der Waals surface area contributed by atoms with Gasteiger partial charge in [0.15, 0.2) is 0 Å². The van der Waals surface area contributed by atoms with Crippen LogP contribution in [0.2, 0.25) is 0 Å². The molecule has 2 heteroatoms. The maximum Gasteiger partial charge on any atom is 0.0541 e. The van der Waals surface area contributed by atoms with E-state index in [-0.39, 0.29) is 0 Å². The number of para-hydroxylation sites is 2. The van der Waals surface area contributed by atoms with Crippen molar-refractivity contribution in [3.63, 3.8) is 0 Å². The van der Waals surface area contributed by atoms with Gasteiger partial charge in [-0.25, -0.2) is 0 Å². The molecule has 1 aromatic heterocycles. The molecule has 290 valence electrons. The van der Waals surface area contributed by atoms with Crippen molar-refractivity contribution >= 4 is 71.2 Å². The fraction of sp³-hybridized carbons (Fsp3) is 0. The lowest BCUT2D eigenvalue weighted by Crippen LogP contribution is -2.11. The van der Waals surface area contributed by atoms with Gasteiger partial charge in [-0.05, 0) is 121 Å². The highest BCUT2D eigenvalue weighted by Gasteiger charge is 2.20. The zero-order valence-corrected chi connectivity index (χ0v) is 34.0. The summed E-state index contributed by atoms with van der Waals surface area (Å²) in [6, 6.07) is 88.5. The highest BCUT2D eigenvalue weighted by Crippen LogP contribution is 2.44. The normalized spacial score (nSPS) is 11.5. The van der Waals surface area contributed by atoms with Crippen molar-refractivity contribution in [1.82, 2.24) is 4.57 Å². The monoisotopic (exact) mass is 788 g/mol.